The maximum Gasteiger partial charge on any atom is 0.0367 e. The molecule has 0 unspecified atom stereocenters. The number of hydrogen-bond donors (Lipinski definition) is 1. The summed E-state index contributed by atoms with van der Waals surface area (Å²) < 4.78 is 3.40. The van der Waals surface area contributed by atoms with Crippen LogP contribution < -0.4 is 9.62 Å². The number of pyridine rings is 1. The minimum atomic E-state index is 0.694. The molecule has 1 aromatic carbocycles. The van der Waals surface area contributed by atoms with Crippen molar-refractivity contribution in [2.45, 2.75) is 30.7 Å². The van der Waals surface area contributed by atoms with Crippen molar-refractivity contribution in [3.8, 4) is 0 Å². The molecule has 114 valence electrons. The minimum Gasteiger partial charge on any atom is -0.370 e. The molecule has 4 rings (SSSR count). The van der Waals surface area contributed by atoms with Crippen LogP contribution in [0.25, 0.3) is 0 Å². The summed E-state index contributed by atoms with van der Waals surface area (Å²) in [4.78, 5) is 7.81. The number of aromatic nitrogens is 1. The van der Waals surface area contributed by atoms with Gasteiger partial charge in [-0.3, -0.25) is 9.71 Å². The van der Waals surface area contributed by atoms with Gasteiger partial charge in [0.15, 0.2) is 0 Å². The summed E-state index contributed by atoms with van der Waals surface area (Å²) in [7, 11) is 0. The normalized spacial score (nSPS) is 18.8. The monoisotopic (exact) mass is 311 g/mol. The van der Waals surface area contributed by atoms with E-state index in [0.29, 0.717) is 5.41 Å². The summed E-state index contributed by atoms with van der Waals surface area (Å²) in [5.74, 6) is 0. The Morgan fingerprint density at radius 3 is 2.41 bits per heavy atom. The van der Waals surface area contributed by atoms with E-state index < -0.39 is 0 Å². The molecule has 0 atom stereocenters. The van der Waals surface area contributed by atoms with Crippen molar-refractivity contribution >= 4 is 17.6 Å². The van der Waals surface area contributed by atoms with Crippen LogP contribution in [0.4, 0.5) is 5.69 Å². The average molecular weight is 311 g/mol. The molecule has 1 N–H and O–H groups in total. The van der Waals surface area contributed by atoms with E-state index >= 15 is 0 Å². The van der Waals surface area contributed by atoms with Crippen molar-refractivity contribution in [1.29, 1.82) is 0 Å². The van der Waals surface area contributed by atoms with Crippen LogP contribution >= 0.6 is 11.9 Å². The van der Waals surface area contributed by atoms with Crippen LogP contribution in [0.1, 0.15) is 24.8 Å². The molecule has 0 amide bonds. The van der Waals surface area contributed by atoms with E-state index in [-0.39, 0.29) is 0 Å². The molecule has 2 fully saturated rings. The van der Waals surface area contributed by atoms with Gasteiger partial charge in [0.05, 0.1) is 0 Å². The molecular formula is C18H21N3S. The Morgan fingerprint density at radius 1 is 1.05 bits per heavy atom. The molecule has 1 spiro atoms. The molecule has 0 bridgehead atoms. The van der Waals surface area contributed by atoms with E-state index in [0.717, 1.165) is 6.54 Å². The smallest absolute Gasteiger partial charge is 0.0367 e. The highest BCUT2D eigenvalue weighted by Crippen LogP contribution is 2.49. The second-order valence-corrected chi connectivity index (χ2v) is 7.45. The van der Waals surface area contributed by atoms with Gasteiger partial charge in [0.2, 0.25) is 0 Å². The van der Waals surface area contributed by atoms with Gasteiger partial charge in [-0.05, 0) is 66.8 Å². The molecule has 0 radical (unpaired) electrons. The molecular weight excluding hydrogens is 290 g/mol. The minimum absolute atomic E-state index is 0.694. The highest BCUT2D eigenvalue weighted by atomic mass is 32.2. The topological polar surface area (TPSA) is 28.2 Å². The zero-order chi connectivity index (χ0) is 14.8. The molecule has 1 aliphatic heterocycles. The largest absolute Gasteiger partial charge is 0.370 e. The quantitative estimate of drug-likeness (QED) is 0.849. The maximum atomic E-state index is 4.03. The van der Waals surface area contributed by atoms with Crippen molar-refractivity contribution in [3.63, 3.8) is 0 Å². The van der Waals surface area contributed by atoms with Crippen molar-refractivity contribution in [2.24, 2.45) is 5.41 Å². The van der Waals surface area contributed by atoms with E-state index in [2.05, 4.69) is 38.9 Å². The fourth-order valence-corrected chi connectivity index (χ4v) is 4.05. The highest BCUT2D eigenvalue weighted by molar-refractivity contribution is 7.97. The third-order valence-electron chi connectivity index (χ3n) is 4.88. The van der Waals surface area contributed by atoms with Crippen molar-refractivity contribution in [1.82, 2.24) is 9.71 Å². The van der Waals surface area contributed by atoms with Gasteiger partial charge in [0, 0.05) is 48.0 Å². The molecule has 2 aliphatic rings. The Morgan fingerprint density at radius 2 is 1.77 bits per heavy atom. The first-order valence-corrected chi connectivity index (χ1v) is 8.78. The molecule has 22 heavy (non-hydrogen) atoms. The van der Waals surface area contributed by atoms with Gasteiger partial charge in [-0.25, -0.2) is 0 Å². The lowest BCUT2D eigenvalue weighted by Gasteiger charge is -2.57. The van der Waals surface area contributed by atoms with Gasteiger partial charge >= 0.3 is 0 Å². The first kappa shape index (κ1) is 14.1. The van der Waals surface area contributed by atoms with Gasteiger partial charge in [0.1, 0.15) is 0 Å². The molecule has 1 saturated carbocycles. The number of anilines is 1. The number of nitrogens with zero attached hydrogens (tertiary/aromatic N) is 2. The Hall–Kier alpha value is -1.52. The summed E-state index contributed by atoms with van der Waals surface area (Å²) in [6.07, 6.45) is 7.98. The zero-order valence-electron chi connectivity index (χ0n) is 12.7. The Balaban J connectivity index is 1.27. The van der Waals surface area contributed by atoms with Gasteiger partial charge in [0.25, 0.3) is 0 Å². The molecule has 2 heterocycles. The summed E-state index contributed by atoms with van der Waals surface area (Å²) in [6.45, 7) is 3.38. The van der Waals surface area contributed by atoms with Crippen LogP contribution in [0.15, 0.2) is 53.7 Å². The van der Waals surface area contributed by atoms with Crippen LogP contribution in [-0.4, -0.2) is 18.1 Å². The number of nitrogens with one attached hydrogen (secondary N) is 1. The van der Waals surface area contributed by atoms with Crippen LogP contribution in [-0.2, 0) is 6.54 Å². The van der Waals surface area contributed by atoms with E-state index in [4.69, 9.17) is 0 Å². The number of hydrogen-bond acceptors (Lipinski definition) is 4. The van der Waals surface area contributed by atoms with Gasteiger partial charge in [-0.15, -0.1) is 0 Å². The lowest BCUT2D eigenvalue weighted by Crippen LogP contribution is -2.59. The van der Waals surface area contributed by atoms with E-state index in [1.165, 1.54) is 48.5 Å². The molecule has 2 aromatic rings. The van der Waals surface area contributed by atoms with Crippen molar-refractivity contribution < 1.29 is 0 Å². The summed E-state index contributed by atoms with van der Waals surface area (Å²) >= 11 is 1.69. The van der Waals surface area contributed by atoms with E-state index in [1.807, 2.05) is 24.5 Å². The second kappa shape index (κ2) is 5.94. The van der Waals surface area contributed by atoms with Crippen LogP contribution in [0.5, 0.6) is 0 Å². The van der Waals surface area contributed by atoms with Crippen LogP contribution in [0.2, 0.25) is 0 Å². The van der Waals surface area contributed by atoms with Gasteiger partial charge in [-0.2, -0.15) is 0 Å². The number of benzene rings is 1. The molecule has 1 aromatic heterocycles. The lowest BCUT2D eigenvalue weighted by atomic mass is 9.63. The van der Waals surface area contributed by atoms with Crippen molar-refractivity contribution in [3.05, 3.63) is 54.4 Å². The van der Waals surface area contributed by atoms with Gasteiger partial charge in [-0.1, -0.05) is 6.42 Å². The summed E-state index contributed by atoms with van der Waals surface area (Å²) in [5, 5.41) is 0. The van der Waals surface area contributed by atoms with E-state index in [9.17, 15) is 0 Å². The Bertz CT molecular complexity index is 615. The Labute approximate surface area is 136 Å². The van der Waals surface area contributed by atoms with Gasteiger partial charge < -0.3 is 4.90 Å². The fourth-order valence-electron chi connectivity index (χ4n) is 3.37. The predicted octanol–water partition coefficient (Wildman–Crippen LogP) is 3.87. The van der Waals surface area contributed by atoms with Crippen LogP contribution in [0.3, 0.4) is 0 Å². The molecule has 1 saturated heterocycles. The van der Waals surface area contributed by atoms with Crippen molar-refractivity contribution in [2.75, 3.05) is 18.0 Å². The fraction of sp³-hybridized carbons (Fsp3) is 0.389. The highest BCUT2D eigenvalue weighted by Gasteiger charge is 2.47. The SMILES string of the molecule is c1cc(CNSc2ccc(N3CC4(CCC4)C3)cc2)ccn1. The lowest BCUT2D eigenvalue weighted by molar-refractivity contribution is 0.0904. The Kier molecular flexibility index (Phi) is 3.80. The first-order chi connectivity index (χ1) is 10.8. The zero-order valence-corrected chi connectivity index (χ0v) is 13.5. The third-order valence-corrected chi connectivity index (χ3v) is 5.68. The second-order valence-electron chi connectivity index (χ2n) is 6.48. The summed E-state index contributed by atoms with van der Waals surface area (Å²) in [6, 6.07) is 13.0. The standard InChI is InChI=1S/C18H21N3S/c1-8-18(9-1)13-21(14-18)16-2-4-17(5-3-16)22-20-12-15-6-10-19-11-7-15/h2-7,10-11,20H,1,8-9,12-14H2. The average Bonchev–Trinajstić information content (AvgIpc) is 2.47. The molecule has 1 aliphatic carbocycles. The third kappa shape index (κ3) is 2.85. The molecule has 4 heteroatoms. The maximum absolute atomic E-state index is 4.03. The number of rotatable bonds is 5. The van der Waals surface area contributed by atoms with E-state index in [1.54, 1.807) is 11.9 Å². The first-order valence-electron chi connectivity index (χ1n) is 7.97. The summed E-state index contributed by atoms with van der Waals surface area (Å²) in [5.41, 5.74) is 3.32. The van der Waals surface area contributed by atoms with Crippen LogP contribution in [0, 0.1) is 5.41 Å². The predicted molar refractivity (Wildman–Crippen MR) is 91.9 cm³/mol. The molecule has 3 nitrogen and oxygen atoms in total.